The van der Waals surface area contributed by atoms with Gasteiger partial charge in [0.15, 0.2) is 5.82 Å². The monoisotopic (exact) mass is 225 g/mol. The average molecular weight is 225 g/mol. The maximum absolute atomic E-state index is 8.81. The number of piperidine rings is 1. The highest BCUT2D eigenvalue weighted by Crippen LogP contribution is 2.29. The first-order valence-corrected chi connectivity index (χ1v) is 6.02. The molecule has 5 heteroatoms. The second-order valence-electron chi connectivity index (χ2n) is 4.16. The molecular weight excluding hydrogens is 206 g/mol. The van der Waals surface area contributed by atoms with Gasteiger partial charge < -0.3 is 9.63 Å². The number of aliphatic hydroxyl groups excluding tert-OH is 1. The third kappa shape index (κ3) is 2.41. The maximum atomic E-state index is 8.81. The van der Waals surface area contributed by atoms with Crippen LogP contribution in [0.3, 0.4) is 0 Å². The van der Waals surface area contributed by atoms with Crippen molar-refractivity contribution < 1.29 is 9.63 Å². The first kappa shape index (κ1) is 11.5. The number of rotatable bonds is 4. The topological polar surface area (TPSA) is 62.4 Å². The number of hydrogen-bond donors (Lipinski definition) is 1. The average Bonchev–Trinajstić information content (AvgIpc) is 2.78. The van der Waals surface area contributed by atoms with Gasteiger partial charge in [-0.2, -0.15) is 4.98 Å². The zero-order valence-electron chi connectivity index (χ0n) is 9.72. The molecule has 1 N–H and O–H groups in total. The molecule has 0 saturated carbocycles. The highest BCUT2D eigenvalue weighted by Gasteiger charge is 2.27. The molecule has 1 atom stereocenters. The number of hydrogen-bond acceptors (Lipinski definition) is 5. The Bertz CT molecular complexity index is 327. The van der Waals surface area contributed by atoms with Gasteiger partial charge in [-0.05, 0) is 25.9 Å². The summed E-state index contributed by atoms with van der Waals surface area (Å²) in [6.07, 6.45) is 4.04. The number of likely N-dealkylation sites (tertiary alicyclic amines) is 1. The fourth-order valence-corrected chi connectivity index (χ4v) is 2.25. The molecule has 2 heterocycles. The lowest BCUT2D eigenvalue weighted by molar-refractivity contribution is 0.125. The van der Waals surface area contributed by atoms with Crippen LogP contribution in [-0.4, -0.2) is 39.8 Å². The molecule has 2 rings (SSSR count). The molecule has 90 valence electrons. The van der Waals surface area contributed by atoms with E-state index >= 15 is 0 Å². The zero-order chi connectivity index (χ0) is 11.4. The Labute approximate surface area is 95.4 Å². The lowest BCUT2D eigenvalue weighted by Crippen LogP contribution is -2.33. The van der Waals surface area contributed by atoms with Crippen LogP contribution in [0.4, 0.5) is 0 Å². The van der Waals surface area contributed by atoms with Gasteiger partial charge in [-0.1, -0.05) is 18.5 Å². The third-order valence-corrected chi connectivity index (χ3v) is 3.12. The minimum Gasteiger partial charge on any atom is -0.396 e. The molecule has 1 aliphatic heterocycles. The van der Waals surface area contributed by atoms with Gasteiger partial charge in [0.25, 0.3) is 0 Å². The summed E-state index contributed by atoms with van der Waals surface area (Å²) in [5.41, 5.74) is 0. The number of nitrogens with zero attached hydrogens (tertiary/aromatic N) is 3. The van der Waals surface area contributed by atoms with Crippen LogP contribution in [0.5, 0.6) is 0 Å². The molecule has 1 aliphatic rings. The Kier molecular flexibility index (Phi) is 3.90. The molecule has 5 nitrogen and oxygen atoms in total. The Hall–Kier alpha value is -0.940. The van der Waals surface area contributed by atoms with Crippen LogP contribution in [0.1, 0.15) is 43.9 Å². The van der Waals surface area contributed by atoms with E-state index in [0.29, 0.717) is 18.1 Å². The zero-order valence-corrected chi connectivity index (χ0v) is 9.72. The van der Waals surface area contributed by atoms with Crippen LogP contribution in [0.2, 0.25) is 0 Å². The first-order chi connectivity index (χ1) is 7.85. The number of aliphatic hydroxyl groups is 1. The molecule has 1 unspecified atom stereocenters. The van der Waals surface area contributed by atoms with Gasteiger partial charge in [-0.15, -0.1) is 0 Å². The predicted molar refractivity (Wildman–Crippen MR) is 58.9 cm³/mol. The standard InChI is InChI=1S/C11H19N3O2/c1-2-14-7-4-3-5-9(14)11-12-10(6-8-15)13-16-11/h9,15H,2-8H2,1H3. The summed E-state index contributed by atoms with van der Waals surface area (Å²) < 4.78 is 5.27. The van der Waals surface area contributed by atoms with Gasteiger partial charge in [0.1, 0.15) is 0 Å². The molecule has 0 spiro atoms. The van der Waals surface area contributed by atoms with Gasteiger partial charge in [0, 0.05) is 6.42 Å². The highest BCUT2D eigenvalue weighted by molar-refractivity contribution is 4.95. The molecule has 16 heavy (non-hydrogen) atoms. The molecule has 1 aromatic rings. The van der Waals surface area contributed by atoms with E-state index in [1.165, 1.54) is 12.8 Å². The smallest absolute Gasteiger partial charge is 0.243 e. The van der Waals surface area contributed by atoms with E-state index in [0.717, 1.165) is 19.5 Å². The van der Waals surface area contributed by atoms with Gasteiger partial charge >= 0.3 is 0 Å². The van der Waals surface area contributed by atoms with Crippen LogP contribution in [0.25, 0.3) is 0 Å². The second kappa shape index (κ2) is 5.41. The van der Waals surface area contributed by atoms with Gasteiger partial charge in [0.05, 0.1) is 12.6 Å². The predicted octanol–water partition coefficient (Wildman–Crippen LogP) is 1.15. The lowest BCUT2D eigenvalue weighted by Gasteiger charge is -2.32. The Morgan fingerprint density at radius 3 is 3.12 bits per heavy atom. The van der Waals surface area contributed by atoms with Crippen molar-refractivity contribution in [2.75, 3.05) is 19.7 Å². The van der Waals surface area contributed by atoms with Crippen LogP contribution < -0.4 is 0 Å². The molecule has 1 aromatic heterocycles. The normalized spacial score (nSPS) is 22.5. The van der Waals surface area contributed by atoms with E-state index in [1.807, 2.05) is 0 Å². The van der Waals surface area contributed by atoms with Crippen molar-refractivity contribution in [3.05, 3.63) is 11.7 Å². The van der Waals surface area contributed by atoms with Crippen LogP contribution in [0.15, 0.2) is 4.52 Å². The first-order valence-electron chi connectivity index (χ1n) is 6.02. The van der Waals surface area contributed by atoms with Crippen molar-refractivity contribution in [3.8, 4) is 0 Å². The van der Waals surface area contributed by atoms with Crippen molar-refractivity contribution in [2.24, 2.45) is 0 Å². The van der Waals surface area contributed by atoms with E-state index in [2.05, 4.69) is 22.0 Å². The van der Waals surface area contributed by atoms with Crippen molar-refractivity contribution in [3.63, 3.8) is 0 Å². The fraction of sp³-hybridized carbons (Fsp3) is 0.818. The second-order valence-corrected chi connectivity index (χ2v) is 4.16. The van der Waals surface area contributed by atoms with Crippen LogP contribution in [0, 0.1) is 0 Å². The van der Waals surface area contributed by atoms with Gasteiger partial charge in [0.2, 0.25) is 5.89 Å². The fourth-order valence-electron chi connectivity index (χ4n) is 2.25. The molecular formula is C11H19N3O2. The van der Waals surface area contributed by atoms with E-state index in [4.69, 9.17) is 9.63 Å². The number of aromatic nitrogens is 2. The van der Waals surface area contributed by atoms with Crippen LogP contribution >= 0.6 is 0 Å². The quantitative estimate of drug-likeness (QED) is 0.833. The minimum absolute atomic E-state index is 0.0706. The summed E-state index contributed by atoms with van der Waals surface area (Å²) >= 11 is 0. The highest BCUT2D eigenvalue weighted by atomic mass is 16.5. The van der Waals surface area contributed by atoms with Gasteiger partial charge in [-0.3, -0.25) is 4.90 Å². The van der Waals surface area contributed by atoms with Crippen LogP contribution in [-0.2, 0) is 6.42 Å². The molecule has 0 amide bonds. The lowest BCUT2D eigenvalue weighted by atomic mass is 10.0. The van der Waals surface area contributed by atoms with Crippen molar-refractivity contribution in [1.82, 2.24) is 15.0 Å². The van der Waals surface area contributed by atoms with E-state index in [1.54, 1.807) is 0 Å². The Morgan fingerprint density at radius 1 is 1.50 bits per heavy atom. The largest absolute Gasteiger partial charge is 0.396 e. The Morgan fingerprint density at radius 2 is 2.38 bits per heavy atom. The molecule has 1 saturated heterocycles. The molecule has 0 aliphatic carbocycles. The van der Waals surface area contributed by atoms with E-state index < -0.39 is 0 Å². The maximum Gasteiger partial charge on any atom is 0.243 e. The molecule has 0 aromatic carbocycles. The van der Waals surface area contributed by atoms with Crippen molar-refractivity contribution in [1.29, 1.82) is 0 Å². The van der Waals surface area contributed by atoms with E-state index in [9.17, 15) is 0 Å². The summed E-state index contributed by atoms with van der Waals surface area (Å²) in [6, 6.07) is 0.277. The summed E-state index contributed by atoms with van der Waals surface area (Å²) in [6.45, 7) is 4.35. The SMILES string of the molecule is CCN1CCCCC1c1nc(CCO)no1. The summed E-state index contributed by atoms with van der Waals surface area (Å²) in [5, 5.41) is 12.7. The minimum atomic E-state index is 0.0706. The third-order valence-electron chi connectivity index (χ3n) is 3.12. The summed E-state index contributed by atoms with van der Waals surface area (Å²) in [4.78, 5) is 6.72. The molecule has 0 radical (unpaired) electrons. The Balaban J connectivity index is 2.08. The van der Waals surface area contributed by atoms with E-state index in [-0.39, 0.29) is 12.6 Å². The van der Waals surface area contributed by atoms with Crippen molar-refractivity contribution >= 4 is 0 Å². The van der Waals surface area contributed by atoms with Gasteiger partial charge in [-0.25, -0.2) is 0 Å². The molecule has 0 bridgehead atoms. The molecule has 1 fully saturated rings. The summed E-state index contributed by atoms with van der Waals surface area (Å²) in [5.74, 6) is 1.32. The summed E-state index contributed by atoms with van der Waals surface area (Å²) in [7, 11) is 0. The van der Waals surface area contributed by atoms with Crippen molar-refractivity contribution in [2.45, 2.75) is 38.6 Å².